The average molecular weight is 341 g/mol. The molecule has 0 bridgehead atoms. The molecule has 0 heterocycles. The molecule has 0 saturated carbocycles. The Morgan fingerprint density at radius 2 is 1.75 bits per heavy atom. The zero-order valence-corrected chi connectivity index (χ0v) is 13.7. The minimum Gasteiger partial charge on any atom is -0.345 e. The highest BCUT2D eigenvalue weighted by atomic mass is 35.5. The van der Waals surface area contributed by atoms with Gasteiger partial charge in [-0.1, -0.05) is 60.0 Å². The summed E-state index contributed by atoms with van der Waals surface area (Å²) < 4.78 is 0. The molecule has 1 atom stereocenters. The van der Waals surface area contributed by atoms with Gasteiger partial charge < -0.3 is 10.6 Å². The molecule has 0 aliphatic carbocycles. The number of halogens is 1. The van der Waals surface area contributed by atoms with Gasteiger partial charge in [-0.25, -0.2) is 0 Å². The highest BCUT2D eigenvalue weighted by Gasteiger charge is 2.20. The van der Waals surface area contributed by atoms with Crippen molar-refractivity contribution in [1.29, 1.82) is 0 Å². The fraction of sp³-hybridized carbons (Fsp3) is 0.158. The lowest BCUT2D eigenvalue weighted by Gasteiger charge is -2.19. The van der Waals surface area contributed by atoms with Crippen molar-refractivity contribution < 1.29 is 9.59 Å². The number of hydrogen-bond donors (Lipinski definition) is 2. The van der Waals surface area contributed by atoms with E-state index in [9.17, 15) is 9.59 Å². The summed E-state index contributed by atoms with van der Waals surface area (Å²) in [5, 5.41) is 5.83. The first kappa shape index (κ1) is 17.6. The van der Waals surface area contributed by atoms with Gasteiger partial charge in [0.05, 0.1) is 29.6 Å². The Kier molecular flexibility index (Phi) is 6.41. The van der Waals surface area contributed by atoms with Crippen molar-refractivity contribution in [3.8, 4) is 12.3 Å². The fourth-order valence-corrected chi connectivity index (χ4v) is 2.45. The van der Waals surface area contributed by atoms with Crippen LogP contribution in [0, 0.1) is 12.3 Å². The van der Waals surface area contributed by atoms with Crippen LogP contribution >= 0.6 is 11.6 Å². The number of nitrogens with one attached hydrogen (secondary N) is 2. The van der Waals surface area contributed by atoms with Crippen LogP contribution in [0.25, 0.3) is 0 Å². The monoisotopic (exact) mass is 340 g/mol. The van der Waals surface area contributed by atoms with E-state index in [2.05, 4.69) is 16.6 Å². The third-order valence-electron chi connectivity index (χ3n) is 3.40. The molecular weight excluding hydrogens is 324 g/mol. The number of carbonyl (C=O) groups is 2. The molecule has 0 saturated heterocycles. The van der Waals surface area contributed by atoms with E-state index in [-0.39, 0.29) is 24.8 Å². The van der Waals surface area contributed by atoms with E-state index in [0.717, 1.165) is 5.56 Å². The molecule has 0 aromatic heterocycles. The summed E-state index contributed by atoms with van der Waals surface area (Å²) in [6.07, 6.45) is 5.23. The van der Waals surface area contributed by atoms with E-state index >= 15 is 0 Å². The summed E-state index contributed by atoms with van der Waals surface area (Å²) in [5.74, 6) is 1.78. The number of rotatable bonds is 6. The molecular formula is C19H17ClN2O2. The summed E-state index contributed by atoms with van der Waals surface area (Å²) in [6, 6.07) is 15.6. The molecule has 2 aromatic rings. The highest BCUT2D eigenvalue weighted by molar-refractivity contribution is 6.33. The first-order valence-corrected chi connectivity index (χ1v) is 7.80. The lowest BCUT2D eigenvalue weighted by molar-refractivity contribution is -0.121. The third kappa shape index (κ3) is 4.87. The maximum atomic E-state index is 12.5. The Morgan fingerprint density at radius 1 is 1.08 bits per heavy atom. The van der Waals surface area contributed by atoms with Crippen molar-refractivity contribution in [3.63, 3.8) is 0 Å². The molecule has 2 rings (SSSR count). The van der Waals surface area contributed by atoms with Crippen molar-refractivity contribution in [2.75, 3.05) is 6.54 Å². The van der Waals surface area contributed by atoms with Crippen molar-refractivity contribution in [3.05, 3.63) is 70.7 Å². The number of carbonyl (C=O) groups excluding carboxylic acids is 2. The smallest absolute Gasteiger partial charge is 0.253 e. The van der Waals surface area contributed by atoms with Gasteiger partial charge in [0, 0.05) is 0 Å². The Morgan fingerprint density at radius 3 is 2.42 bits per heavy atom. The topological polar surface area (TPSA) is 58.2 Å². The second-order valence-electron chi connectivity index (χ2n) is 5.10. The van der Waals surface area contributed by atoms with E-state index in [1.165, 1.54) is 0 Å². The van der Waals surface area contributed by atoms with Gasteiger partial charge in [0.25, 0.3) is 5.91 Å². The molecule has 0 unspecified atom stereocenters. The van der Waals surface area contributed by atoms with Gasteiger partial charge in [0.1, 0.15) is 0 Å². The minimum atomic E-state index is -0.479. The molecule has 0 aliphatic rings. The van der Waals surface area contributed by atoms with E-state index in [0.29, 0.717) is 10.6 Å². The lowest BCUT2D eigenvalue weighted by atomic mass is 10.0. The maximum absolute atomic E-state index is 12.5. The second kappa shape index (κ2) is 8.76. The molecule has 0 fully saturated rings. The number of benzene rings is 2. The zero-order valence-electron chi connectivity index (χ0n) is 13.0. The van der Waals surface area contributed by atoms with E-state index in [4.69, 9.17) is 18.0 Å². The Bertz CT molecular complexity index is 753. The van der Waals surface area contributed by atoms with Crippen molar-refractivity contribution >= 4 is 23.4 Å². The molecule has 0 aliphatic heterocycles. The van der Waals surface area contributed by atoms with Crippen molar-refractivity contribution in [1.82, 2.24) is 10.6 Å². The van der Waals surface area contributed by atoms with Crippen LogP contribution in [0.4, 0.5) is 0 Å². The maximum Gasteiger partial charge on any atom is 0.253 e. The lowest BCUT2D eigenvalue weighted by Crippen LogP contribution is -2.34. The zero-order chi connectivity index (χ0) is 17.4. The van der Waals surface area contributed by atoms with Gasteiger partial charge in [-0.3, -0.25) is 9.59 Å². The van der Waals surface area contributed by atoms with Crippen molar-refractivity contribution in [2.24, 2.45) is 0 Å². The van der Waals surface area contributed by atoms with Crippen LogP contribution in [0.1, 0.15) is 28.4 Å². The summed E-state index contributed by atoms with van der Waals surface area (Å²) in [7, 11) is 0. The number of amides is 2. The molecule has 0 radical (unpaired) electrons. The largest absolute Gasteiger partial charge is 0.345 e. The van der Waals surface area contributed by atoms with Gasteiger partial charge in [-0.2, -0.15) is 0 Å². The number of terminal acetylenes is 1. The van der Waals surface area contributed by atoms with Crippen LogP contribution in [0.15, 0.2) is 54.6 Å². The Hall–Kier alpha value is -2.77. The third-order valence-corrected chi connectivity index (χ3v) is 3.73. The molecule has 5 heteroatoms. The van der Waals surface area contributed by atoms with Crippen LogP contribution in [0.3, 0.4) is 0 Å². The van der Waals surface area contributed by atoms with Gasteiger partial charge in [-0.05, 0) is 17.7 Å². The van der Waals surface area contributed by atoms with E-state index in [1.54, 1.807) is 24.3 Å². The van der Waals surface area contributed by atoms with Gasteiger partial charge >= 0.3 is 0 Å². The predicted molar refractivity (Wildman–Crippen MR) is 94.6 cm³/mol. The molecule has 24 heavy (non-hydrogen) atoms. The van der Waals surface area contributed by atoms with Crippen molar-refractivity contribution in [2.45, 2.75) is 12.5 Å². The highest BCUT2D eigenvalue weighted by Crippen LogP contribution is 2.20. The summed E-state index contributed by atoms with van der Waals surface area (Å²) in [4.78, 5) is 24.5. The molecule has 122 valence electrons. The molecule has 4 nitrogen and oxygen atoms in total. The average Bonchev–Trinajstić information content (AvgIpc) is 2.60. The SMILES string of the molecule is C#CCNC(=O)C[C@@H](NC(=O)c1ccccc1Cl)c1ccccc1. The first-order chi connectivity index (χ1) is 11.6. The molecule has 0 spiro atoms. The van der Waals surface area contributed by atoms with Gasteiger partial charge in [0.15, 0.2) is 0 Å². The van der Waals surface area contributed by atoms with Gasteiger partial charge in [0.2, 0.25) is 5.91 Å². The normalized spacial score (nSPS) is 11.2. The molecule has 2 amide bonds. The standard InChI is InChI=1S/C19H17ClN2O2/c1-2-12-21-18(23)13-17(14-8-4-3-5-9-14)22-19(24)15-10-6-7-11-16(15)20/h1,3-11,17H,12-13H2,(H,21,23)(H,22,24)/t17-/m1/s1. The summed E-state index contributed by atoms with van der Waals surface area (Å²) in [5.41, 5.74) is 1.19. The summed E-state index contributed by atoms with van der Waals surface area (Å²) >= 11 is 6.06. The van der Waals surface area contributed by atoms with Gasteiger partial charge in [-0.15, -0.1) is 6.42 Å². The molecule has 2 N–H and O–H groups in total. The Labute approximate surface area is 146 Å². The summed E-state index contributed by atoms with van der Waals surface area (Å²) in [6.45, 7) is 0.152. The van der Waals surface area contributed by atoms with Crippen LogP contribution in [0.2, 0.25) is 5.02 Å². The van der Waals surface area contributed by atoms with Crippen LogP contribution < -0.4 is 10.6 Å². The minimum absolute atomic E-state index is 0.0852. The fourth-order valence-electron chi connectivity index (χ4n) is 2.23. The first-order valence-electron chi connectivity index (χ1n) is 7.42. The second-order valence-corrected chi connectivity index (χ2v) is 5.51. The van der Waals surface area contributed by atoms with Crippen LogP contribution in [0.5, 0.6) is 0 Å². The van der Waals surface area contributed by atoms with Crippen LogP contribution in [-0.2, 0) is 4.79 Å². The quantitative estimate of drug-likeness (QED) is 0.794. The number of hydrogen-bond acceptors (Lipinski definition) is 2. The van der Waals surface area contributed by atoms with E-state index < -0.39 is 6.04 Å². The van der Waals surface area contributed by atoms with E-state index in [1.807, 2.05) is 30.3 Å². The predicted octanol–water partition coefficient (Wildman–Crippen LogP) is 2.95. The van der Waals surface area contributed by atoms with Crippen LogP contribution in [-0.4, -0.2) is 18.4 Å². The molecule has 2 aromatic carbocycles. The Balaban J connectivity index is 2.17.